The molecule has 0 bridgehead atoms. The number of aryl methyl sites for hydroxylation is 1. The average molecular weight is 286 g/mol. The number of alkyl halides is 3. The fourth-order valence-corrected chi connectivity index (χ4v) is 2.67. The van der Waals surface area contributed by atoms with E-state index in [0.29, 0.717) is 24.2 Å². The Balaban J connectivity index is 2.27. The summed E-state index contributed by atoms with van der Waals surface area (Å²) in [5.41, 5.74) is 0.0137. The van der Waals surface area contributed by atoms with Crippen molar-refractivity contribution in [2.24, 2.45) is 5.92 Å². The van der Waals surface area contributed by atoms with Crippen LogP contribution in [0.4, 0.5) is 13.2 Å². The number of Topliss-reactive ketones (excluding diaryl/α,β-unsaturated/α-hetero) is 1. The van der Waals surface area contributed by atoms with Crippen LogP contribution in [0.25, 0.3) is 0 Å². The molecule has 110 valence electrons. The highest BCUT2D eigenvalue weighted by Gasteiger charge is 2.35. The second-order valence-electron chi connectivity index (χ2n) is 5.10. The van der Waals surface area contributed by atoms with Gasteiger partial charge in [0.05, 0.1) is 17.6 Å². The van der Waals surface area contributed by atoms with Crippen LogP contribution < -0.4 is 0 Å². The lowest BCUT2D eigenvalue weighted by Gasteiger charge is -2.17. The van der Waals surface area contributed by atoms with Gasteiger partial charge in [0, 0.05) is 12.2 Å². The molecule has 1 heterocycles. The van der Waals surface area contributed by atoms with E-state index < -0.39 is 11.7 Å². The Labute approximate surface area is 115 Å². The molecule has 0 spiro atoms. The van der Waals surface area contributed by atoms with Crippen LogP contribution in [0.1, 0.15) is 41.3 Å². The van der Waals surface area contributed by atoms with Crippen LogP contribution in [-0.4, -0.2) is 18.5 Å². The van der Waals surface area contributed by atoms with Crippen LogP contribution in [0.15, 0.2) is 18.2 Å². The molecule has 0 N–H and O–H groups in total. The molecule has 1 aliphatic heterocycles. The number of carbonyl (C=O) groups excluding carboxylic acids is 1. The molecule has 0 aliphatic carbocycles. The van der Waals surface area contributed by atoms with Crippen molar-refractivity contribution in [2.75, 3.05) is 6.61 Å². The van der Waals surface area contributed by atoms with Crippen LogP contribution in [0.3, 0.4) is 0 Å². The minimum Gasteiger partial charge on any atom is -0.377 e. The Morgan fingerprint density at radius 1 is 1.40 bits per heavy atom. The van der Waals surface area contributed by atoms with Gasteiger partial charge in [-0.1, -0.05) is 13.0 Å². The molecular formula is C15H17F3O2. The first-order valence-corrected chi connectivity index (χ1v) is 6.68. The van der Waals surface area contributed by atoms with Gasteiger partial charge in [0.25, 0.3) is 0 Å². The van der Waals surface area contributed by atoms with Gasteiger partial charge in [-0.15, -0.1) is 0 Å². The average Bonchev–Trinajstić information content (AvgIpc) is 2.85. The van der Waals surface area contributed by atoms with E-state index in [9.17, 15) is 18.0 Å². The highest BCUT2D eigenvalue weighted by Crippen LogP contribution is 2.32. The maximum absolute atomic E-state index is 12.6. The van der Waals surface area contributed by atoms with E-state index in [1.807, 2.05) is 6.92 Å². The number of carbonyl (C=O) groups is 1. The molecule has 2 unspecified atom stereocenters. The van der Waals surface area contributed by atoms with Gasteiger partial charge in [0.1, 0.15) is 0 Å². The zero-order chi connectivity index (χ0) is 14.9. The van der Waals surface area contributed by atoms with Crippen molar-refractivity contribution in [3.8, 4) is 0 Å². The zero-order valence-electron chi connectivity index (χ0n) is 11.5. The van der Waals surface area contributed by atoms with Crippen LogP contribution in [-0.2, 0) is 10.9 Å². The molecule has 0 saturated carbocycles. The third kappa shape index (κ3) is 2.87. The Bertz CT molecular complexity index is 508. The van der Waals surface area contributed by atoms with Gasteiger partial charge in [-0.05, 0) is 37.5 Å². The molecule has 1 aliphatic rings. The summed E-state index contributed by atoms with van der Waals surface area (Å²) in [4.78, 5) is 12.4. The van der Waals surface area contributed by atoms with Crippen molar-refractivity contribution in [1.82, 2.24) is 0 Å². The lowest BCUT2D eigenvalue weighted by atomic mass is 9.88. The number of ketones is 1. The number of halogens is 3. The summed E-state index contributed by atoms with van der Waals surface area (Å²) in [5.74, 6) is -0.351. The number of hydrogen-bond donors (Lipinski definition) is 0. The van der Waals surface area contributed by atoms with E-state index in [1.54, 1.807) is 6.92 Å². The number of rotatable bonds is 3. The Morgan fingerprint density at radius 2 is 2.10 bits per heavy atom. The fourth-order valence-electron chi connectivity index (χ4n) is 2.67. The van der Waals surface area contributed by atoms with Crippen molar-refractivity contribution in [2.45, 2.75) is 39.0 Å². The molecule has 20 heavy (non-hydrogen) atoms. The highest BCUT2D eigenvalue weighted by molar-refractivity contribution is 5.99. The molecule has 5 heteroatoms. The maximum Gasteiger partial charge on any atom is 0.416 e. The summed E-state index contributed by atoms with van der Waals surface area (Å²) in [6, 6.07) is 3.28. The predicted octanol–water partition coefficient (Wildman–Crippen LogP) is 4.01. The lowest BCUT2D eigenvalue weighted by Crippen LogP contribution is -2.24. The first kappa shape index (κ1) is 15.0. The van der Waals surface area contributed by atoms with E-state index in [4.69, 9.17) is 4.74 Å². The van der Waals surface area contributed by atoms with Gasteiger partial charge in [-0.2, -0.15) is 13.2 Å². The first-order valence-electron chi connectivity index (χ1n) is 6.68. The minimum atomic E-state index is -4.38. The van der Waals surface area contributed by atoms with Crippen LogP contribution in [0.2, 0.25) is 0 Å². The largest absolute Gasteiger partial charge is 0.416 e. The van der Waals surface area contributed by atoms with Crippen LogP contribution in [0.5, 0.6) is 0 Å². The molecule has 1 saturated heterocycles. The Kier molecular flexibility index (Phi) is 4.18. The summed E-state index contributed by atoms with van der Waals surface area (Å²) in [7, 11) is 0. The summed E-state index contributed by atoms with van der Waals surface area (Å²) in [6.07, 6.45) is -3.13. The van der Waals surface area contributed by atoms with Crippen molar-refractivity contribution < 1.29 is 22.7 Å². The van der Waals surface area contributed by atoms with E-state index >= 15 is 0 Å². The van der Waals surface area contributed by atoms with E-state index in [0.717, 1.165) is 18.6 Å². The topological polar surface area (TPSA) is 26.3 Å². The third-order valence-corrected chi connectivity index (χ3v) is 3.77. The molecule has 2 nitrogen and oxygen atoms in total. The standard InChI is InChI=1S/C15H17F3O2/c1-3-13-12(6-7-20-13)14(19)11-5-4-10(8-9(11)2)15(16,17)18/h4-5,8,12-13H,3,6-7H2,1-2H3. The van der Waals surface area contributed by atoms with E-state index in [1.165, 1.54) is 6.07 Å². The molecule has 1 aromatic carbocycles. The monoisotopic (exact) mass is 286 g/mol. The van der Waals surface area contributed by atoms with Gasteiger partial charge < -0.3 is 4.74 Å². The molecule has 0 amide bonds. The highest BCUT2D eigenvalue weighted by atomic mass is 19.4. The number of benzene rings is 1. The van der Waals surface area contributed by atoms with E-state index in [2.05, 4.69) is 0 Å². The van der Waals surface area contributed by atoms with Crippen LogP contribution in [0, 0.1) is 12.8 Å². The normalized spacial score (nSPS) is 23.1. The van der Waals surface area contributed by atoms with Crippen molar-refractivity contribution in [3.05, 3.63) is 34.9 Å². The van der Waals surface area contributed by atoms with Gasteiger partial charge in [0.2, 0.25) is 0 Å². The molecule has 0 aromatic heterocycles. The maximum atomic E-state index is 12.6. The number of hydrogen-bond acceptors (Lipinski definition) is 2. The van der Waals surface area contributed by atoms with Gasteiger partial charge >= 0.3 is 6.18 Å². The van der Waals surface area contributed by atoms with Gasteiger partial charge in [-0.3, -0.25) is 4.79 Å². The number of ether oxygens (including phenoxy) is 1. The molecule has 2 rings (SSSR count). The molecule has 2 atom stereocenters. The molecular weight excluding hydrogens is 269 g/mol. The van der Waals surface area contributed by atoms with Crippen molar-refractivity contribution in [3.63, 3.8) is 0 Å². The minimum absolute atomic E-state index is 0.111. The van der Waals surface area contributed by atoms with Crippen LogP contribution >= 0.6 is 0 Å². The Morgan fingerprint density at radius 3 is 2.65 bits per heavy atom. The Hall–Kier alpha value is -1.36. The first-order chi connectivity index (χ1) is 9.34. The molecule has 1 fully saturated rings. The second-order valence-corrected chi connectivity index (χ2v) is 5.10. The molecule has 0 radical (unpaired) electrons. The smallest absolute Gasteiger partial charge is 0.377 e. The van der Waals surface area contributed by atoms with E-state index in [-0.39, 0.29) is 17.8 Å². The van der Waals surface area contributed by atoms with Gasteiger partial charge in [-0.25, -0.2) is 0 Å². The SMILES string of the molecule is CCC1OCCC1C(=O)c1ccc(C(F)(F)F)cc1C. The predicted molar refractivity (Wildman–Crippen MR) is 68.6 cm³/mol. The summed E-state index contributed by atoms with van der Waals surface area (Å²) in [5, 5.41) is 0. The van der Waals surface area contributed by atoms with Gasteiger partial charge in [0.15, 0.2) is 5.78 Å². The fraction of sp³-hybridized carbons (Fsp3) is 0.533. The summed E-state index contributed by atoms with van der Waals surface area (Å²) >= 11 is 0. The zero-order valence-corrected chi connectivity index (χ0v) is 11.5. The quantitative estimate of drug-likeness (QED) is 0.785. The molecule has 1 aromatic rings. The van der Waals surface area contributed by atoms with Crippen molar-refractivity contribution >= 4 is 5.78 Å². The van der Waals surface area contributed by atoms with Crippen molar-refractivity contribution in [1.29, 1.82) is 0 Å². The lowest BCUT2D eigenvalue weighted by molar-refractivity contribution is -0.137. The second kappa shape index (κ2) is 5.56. The summed E-state index contributed by atoms with van der Waals surface area (Å²) < 4.78 is 43.3. The third-order valence-electron chi connectivity index (χ3n) is 3.77. The summed E-state index contributed by atoms with van der Waals surface area (Å²) in [6.45, 7) is 4.02.